The first kappa shape index (κ1) is 15.9. The zero-order valence-corrected chi connectivity index (χ0v) is 10.8. The smallest absolute Gasteiger partial charge is 0.407 e. The number of ketones is 1. The van der Waals surface area contributed by atoms with Gasteiger partial charge in [0.05, 0.1) is 6.04 Å². The number of hydrogen-bond donors (Lipinski definition) is 3. The molecule has 0 fully saturated rings. The lowest BCUT2D eigenvalue weighted by molar-refractivity contribution is -0.120. The van der Waals surface area contributed by atoms with Gasteiger partial charge in [-0.05, 0) is 27.2 Å². The van der Waals surface area contributed by atoms with Gasteiger partial charge in [-0.15, -0.1) is 0 Å². The standard InChI is InChI=1S/C11H23N3O3/c1-11(2,3)17-10(16)14-6-4-5-9(15)8(13)7-12/h8H,4-7,12-13H2,1-3H3,(H,14,16)/t8-/m0/s1. The number of amides is 1. The van der Waals surface area contributed by atoms with E-state index in [1.165, 1.54) is 0 Å². The molecule has 6 heteroatoms. The number of carbonyl (C=O) groups excluding carboxylic acids is 2. The normalized spacial score (nSPS) is 13.0. The van der Waals surface area contributed by atoms with Crippen LogP contribution in [0.25, 0.3) is 0 Å². The summed E-state index contributed by atoms with van der Waals surface area (Å²) in [6.45, 7) is 5.90. The van der Waals surface area contributed by atoms with Crippen LogP contribution in [-0.2, 0) is 9.53 Å². The Morgan fingerprint density at radius 3 is 2.41 bits per heavy atom. The van der Waals surface area contributed by atoms with Crippen LogP contribution in [0.5, 0.6) is 0 Å². The number of rotatable bonds is 6. The first-order valence-corrected chi connectivity index (χ1v) is 5.71. The van der Waals surface area contributed by atoms with Gasteiger partial charge >= 0.3 is 6.09 Å². The summed E-state index contributed by atoms with van der Waals surface area (Å²) in [5.41, 5.74) is 10.2. The van der Waals surface area contributed by atoms with Gasteiger partial charge in [-0.2, -0.15) is 0 Å². The van der Waals surface area contributed by atoms with E-state index < -0.39 is 17.7 Å². The summed E-state index contributed by atoms with van der Waals surface area (Å²) in [5, 5.41) is 2.57. The highest BCUT2D eigenvalue weighted by Gasteiger charge is 2.16. The second kappa shape index (κ2) is 7.24. The molecular formula is C11H23N3O3. The minimum atomic E-state index is -0.600. The molecular weight excluding hydrogens is 222 g/mol. The Morgan fingerprint density at radius 1 is 1.35 bits per heavy atom. The van der Waals surface area contributed by atoms with Gasteiger partial charge in [-0.1, -0.05) is 0 Å². The van der Waals surface area contributed by atoms with Crippen LogP contribution < -0.4 is 16.8 Å². The molecule has 0 spiro atoms. The van der Waals surface area contributed by atoms with Crippen LogP contribution in [0.1, 0.15) is 33.6 Å². The number of ether oxygens (including phenoxy) is 1. The fourth-order valence-electron chi connectivity index (χ4n) is 1.08. The predicted octanol–water partition coefficient (Wildman–Crippen LogP) is 0.146. The van der Waals surface area contributed by atoms with Crippen LogP contribution in [0, 0.1) is 0 Å². The predicted molar refractivity (Wildman–Crippen MR) is 65.5 cm³/mol. The van der Waals surface area contributed by atoms with E-state index in [2.05, 4.69) is 5.32 Å². The van der Waals surface area contributed by atoms with Crippen molar-refractivity contribution < 1.29 is 14.3 Å². The molecule has 0 unspecified atom stereocenters. The Balaban J connectivity index is 3.65. The van der Waals surface area contributed by atoms with Crippen molar-refractivity contribution in [1.82, 2.24) is 5.32 Å². The fraction of sp³-hybridized carbons (Fsp3) is 0.818. The molecule has 5 N–H and O–H groups in total. The Labute approximate surface area is 102 Å². The van der Waals surface area contributed by atoms with Crippen molar-refractivity contribution in [2.45, 2.75) is 45.3 Å². The van der Waals surface area contributed by atoms with Crippen LogP contribution in [-0.4, -0.2) is 36.6 Å². The lowest BCUT2D eigenvalue weighted by Crippen LogP contribution is -2.38. The van der Waals surface area contributed by atoms with Crippen LogP contribution in [0.15, 0.2) is 0 Å². The third kappa shape index (κ3) is 8.65. The molecule has 0 saturated carbocycles. The number of hydrogen-bond acceptors (Lipinski definition) is 5. The van der Waals surface area contributed by atoms with Crippen molar-refractivity contribution in [1.29, 1.82) is 0 Å². The molecule has 1 amide bonds. The number of Topliss-reactive ketones (excluding diaryl/α,β-unsaturated/α-hetero) is 1. The molecule has 0 aliphatic carbocycles. The Bertz CT molecular complexity index is 261. The monoisotopic (exact) mass is 245 g/mol. The van der Waals surface area contributed by atoms with E-state index in [1.807, 2.05) is 0 Å². The van der Waals surface area contributed by atoms with Gasteiger partial charge in [-0.3, -0.25) is 4.79 Å². The van der Waals surface area contributed by atoms with Crippen molar-refractivity contribution in [3.8, 4) is 0 Å². The van der Waals surface area contributed by atoms with Crippen LogP contribution in [0.3, 0.4) is 0 Å². The highest BCUT2D eigenvalue weighted by atomic mass is 16.6. The average Bonchev–Trinajstić information content (AvgIpc) is 2.20. The first-order valence-electron chi connectivity index (χ1n) is 5.71. The largest absolute Gasteiger partial charge is 0.444 e. The quantitative estimate of drug-likeness (QED) is 0.577. The molecule has 0 heterocycles. The molecule has 0 aromatic rings. The van der Waals surface area contributed by atoms with Crippen molar-refractivity contribution in [2.24, 2.45) is 11.5 Å². The third-order valence-corrected chi connectivity index (χ3v) is 1.94. The maximum Gasteiger partial charge on any atom is 0.407 e. The van der Waals surface area contributed by atoms with Gasteiger partial charge in [-0.25, -0.2) is 4.79 Å². The second-order valence-corrected chi connectivity index (χ2v) is 4.84. The van der Waals surface area contributed by atoms with Gasteiger partial charge in [0.2, 0.25) is 0 Å². The molecule has 0 radical (unpaired) electrons. The van der Waals surface area contributed by atoms with Crippen molar-refractivity contribution in [2.75, 3.05) is 13.1 Å². The molecule has 0 aromatic heterocycles. The minimum absolute atomic E-state index is 0.0847. The summed E-state index contributed by atoms with van der Waals surface area (Å²) in [6, 6.07) is -0.600. The Kier molecular flexibility index (Phi) is 6.75. The molecule has 0 rings (SSSR count). The van der Waals surface area contributed by atoms with Gasteiger partial charge in [0, 0.05) is 19.5 Å². The summed E-state index contributed by atoms with van der Waals surface area (Å²) in [6.07, 6.45) is 0.369. The molecule has 100 valence electrons. The number of carbonyl (C=O) groups is 2. The van der Waals surface area contributed by atoms with E-state index in [9.17, 15) is 9.59 Å². The Morgan fingerprint density at radius 2 is 1.94 bits per heavy atom. The van der Waals surface area contributed by atoms with E-state index >= 15 is 0 Å². The maximum absolute atomic E-state index is 11.3. The molecule has 0 bridgehead atoms. The number of alkyl carbamates (subject to hydrolysis) is 1. The molecule has 17 heavy (non-hydrogen) atoms. The minimum Gasteiger partial charge on any atom is -0.444 e. The van der Waals surface area contributed by atoms with E-state index in [1.54, 1.807) is 20.8 Å². The van der Waals surface area contributed by atoms with E-state index in [0.717, 1.165) is 0 Å². The van der Waals surface area contributed by atoms with Crippen LogP contribution >= 0.6 is 0 Å². The highest BCUT2D eigenvalue weighted by molar-refractivity contribution is 5.84. The highest BCUT2D eigenvalue weighted by Crippen LogP contribution is 2.06. The molecule has 1 atom stereocenters. The van der Waals surface area contributed by atoms with E-state index in [0.29, 0.717) is 19.4 Å². The molecule has 0 aliphatic heterocycles. The molecule has 6 nitrogen and oxygen atoms in total. The van der Waals surface area contributed by atoms with Crippen molar-refractivity contribution >= 4 is 11.9 Å². The van der Waals surface area contributed by atoms with Gasteiger partial charge < -0.3 is 21.5 Å². The zero-order valence-electron chi connectivity index (χ0n) is 10.8. The number of nitrogens with one attached hydrogen (secondary N) is 1. The van der Waals surface area contributed by atoms with Crippen LogP contribution in [0.4, 0.5) is 4.79 Å². The fourth-order valence-corrected chi connectivity index (χ4v) is 1.08. The van der Waals surface area contributed by atoms with Gasteiger partial charge in [0.1, 0.15) is 5.60 Å². The SMILES string of the molecule is CC(C)(C)OC(=O)NCCCC(=O)[C@@H](N)CN. The van der Waals surface area contributed by atoms with Crippen molar-refractivity contribution in [3.63, 3.8) is 0 Å². The van der Waals surface area contributed by atoms with Gasteiger partial charge in [0.25, 0.3) is 0 Å². The van der Waals surface area contributed by atoms with E-state index in [-0.39, 0.29) is 12.3 Å². The number of nitrogens with two attached hydrogens (primary N) is 2. The lowest BCUT2D eigenvalue weighted by Gasteiger charge is -2.19. The van der Waals surface area contributed by atoms with E-state index in [4.69, 9.17) is 16.2 Å². The summed E-state index contributed by atoms with van der Waals surface area (Å²) in [4.78, 5) is 22.5. The van der Waals surface area contributed by atoms with Crippen molar-refractivity contribution in [3.05, 3.63) is 0 Å². The summed E-state index contributed by atoms with van der Waals surface area (Å²) >= 11 is 0. The lowest BCUT2D eigenvalue weighted by atomic mass is 10.1. The zero-order chi connectivity index (χ0) is 13.5. The average molecular weight is 245 g/mol. The first-order chi connectivity index (χ1) is 7.76. The summed E-state index contributed by atoms with van der Waals surface area (Å²) in [5.74, 6) is -0.0847. The molecule has 0 saturated heterocycles. The Hall–Kier alpha value is -1.14. The molecule has 0 aliphatic rings. The summed E-state index contributed by atoms with van der Waals surface area (Å²) < 4.78 is 5.03. The summed E-state index contributed by atoms with van der Waals surface area (Å²) in [7, 11) is 0. The molecule has 0 aromatic carbocycles. The third-order valence-electron chi connectivity index (χ3n) is 1.94. The topological polar surface area (TPSA) is 107 Å². The van der Waals surface area contributed by atoms with Crippen LogP contribution in [0.2, 0.25) is 0 Å². The maximum atomic E-state index is 11.3. The van der Waals surface area contributed by atoms with Gasteiger partial charge in [0.15, 0.2) is 5.78 Å². The second-order valence-electron chi connectivity index (χ2n) is 4.84.